The number of benzene rings is 1. The van der Waals surface area contributed by atoms with Gasteiger partial charge in [0.1, 0.15) is 5.75 Å². The van der Waals surface area contributed by atoms with Crippen molar-refractivity contribution < 1.29 is 9.53 Å². The van der Waals surface area contributed by atoms with Gasteiger partial charge in [-0.25, -0.2) is 0 Å². The Hall–Kier alpha value is -1.26. The summed E-state index contributed by atoms with van der Waals surface area (Å²) in [4.78, 5) is 12.0. The number of piperidine rings is 1. The molecule has 1 aliphatic heterocycles. The van der Waals surface area contributed by atoms with E-state index in [1.54, 1.807) is 7.11 Å². The number of carbonyl (C=O) groups is 1. The number of hydrogen-bond acceptors (Lipinski definition) is 3. The summed E-state index contributed by atoms with van der Waals surface area (Å²) in [5.74, 6) is 2.26. The van der Waals surface area contributed by atoms with Crippen molar-refractivity contribution >= 4 is 18.3 Å². The number of aryl methyl sites for hydroxylation is 1. The summed E-state index contributed by atoms with van der Waals surface area (Å²) in [6.07, 6.45) is 5.01. The summed E-state index contributed by atoms with van der Waals surface area (Å²) in [5, 5.41) is 6.45. The van der Waals surface area contributed by atoms with E-state index in [-0.39, 0.29) is 18.3 Å². The average Bonchev–Trinajstić information content (AvgIpc) is 2.60. The molecule has 24 heavy (non-hydrogen) atoms. The maximum Gasteiger partial charge on any atom is 0.220 e. The van der Waals surface area contributed by atoms with Crippen LogP contribution in [0.15, 0.2) is 24.3 Å². The summed E-state index contributed by atoms with van der Waals surface area (Å²) < 4.78 is 5.15. The van der Waals surface area contributed by atoms with Crippen molar-refractivity contribution in [3.63, 3.8) is 0 Å². The lowest BCUT2D eigenvalue weighted by molar-refractivity contribution is -0.122. The first-order chi connectivity index (χ1) is 11.2. The largest absolute Gasteiger partial charge is 0.497 e. The Morgan fingerprint density at radius 2 is 1.96 bits per heavy atom. The van der Waals surface area contributed by atoms with Crippen molar-refractivity contribution in [1.29, 1.82) is 0 Å². The maximum absolute atomic E-state index is 12.0. The van der Waals surface area contributed by atoms with Gasteiger partial charge < -0.3 is 15.4 Å². The second-order valence-corrected chi connectivity index (χ2v) is 6.57. The zero-order chi connectivity index (χ0) is 16.5. The van der Waals surface area contributed by atoms with E-state index in [0.717, 1.165) is 38.2 Å². The minimum Gasteiger partial charge on any atom is -0.497 e. The molecule has 4 nitrogen and oxygen atoms in total. The highest BCUT2D eigenvalue weighted by atomic mass is 35.5. The third kappa shape index (κ3) is 7.10. The molecule has 1 aromatic carbocycles. The van der Waals surface area contributed by atoms with Crippen LogP contribution in [0.1, 0.15) is 38.2 Å². The molecule has 1 atom stereocenters. The van der Waals surface area contributed by atoms with Crippen molar-refractivity contribution in [2.75, 3.05) is 26.7 Å². The molecule has 5 heteroatoms. The molecule has 1 amide bonds. The Labute approximate surface area is 152 Å². The number of methoxy groups -OCH3 is 1. The Kier molecular flexibility index (Phi) is 9.80. The highest BCUT2D eigenvalue weighted by Gasteiger charge is 2.21. The summed E-state index contributed by atoms with van der Waals surface area (Å²) >= 11 is 0. The second-order valence-electron chi connectivity index (χ2n) is 6.57. The van der Waals surface area contributed by atoms with E-state index < -0.39 is 0 Å². The van der Waals surface area contributed by atoms with Crippen molar-refractivity contribution in [3.05, 3.63) is 29.8 Å². The fraction of sp³-hybridized carbons (Fsp3) is 0.632. The van der Waals surface area contributed by atoms with Gasteiger partial charge in [0.2, 0.25) is 5.91 Å². The topological polar surface area (TPSA) is 50.4 Å². The van der Waals surface area contributed by atoms with Gasteiger partial charge in [0.05, 0.1) is 7.11 Å². The third-order valence-electron chi connectivity index (χ3n) is 4.82. The van der Waals surface area contributed by atoms with Gasteiger partial charge in [-0.05, 0) is 68.3 Å². The summed E-state index contributed by atoms with van der Waals surface area (Å²) in [7, 11) is 1.68. The number of hydrogen-bond donors (Lipinski definition) is 2. The van der Waals surface area contributed by atoms with Crippen LogP contribution in [0.4, 0.5) is 0 Å². The van der Waals surface area contributed by atoms with Crippen LogP contribution in [-0.4, -0.2) is 32.7 Å². The van der Waals surface area contributed by atoms with E-state index in [0.29, 0.717) is 18.3 Å². The van der Waals surface area contributed by atoms with Crippen molar-refractivity contribution in [2.24, 2.45) is 11.8 Å². The van der Waals surface area contributed by atoms with Gasteiger partial charge in [-0.1, -0.05) is 19.1 Å². The van der Waals surface area contributed by atoms with Gasteiger partial charge >= 0.3 is 0 Å². The Morgan fingerprint density at radius 3 is 2.58 bits per heavy atom. The molecule has 1 fully saturated rings. The van der Waals surface area contributed by atoms with E-state index in [2.05, 4.69) is 29.7 Å². The first-order valence-corrected chi connectivity index (χ1v) is 8.79. The molecule has 136 valence electrons. The highest BCUT2D eigenvalue weighted by Crippen LogP contribution is 2.24. The first kappa shape index (κ1) is 20.8. The third-order valence-corrected chi connectivity index (χ3v) is 4.82. The van der Waals surface area contributed by atoms with Gasteiger partial charge in [-0.3, -0.25) is 4.79 Å². The molecule has 0 radical (unpaired) electrons. The summed E-state index contributed by atoms with van der Waals surface area (Å²) in [6.45, 7) is 5.16. The SMILES string of the molecule is COc1ccc(CCCNC(=O)CC(C)C2CCNCC2)cc1.Cl. The monoisotopic (exact) mass is 354 g/mol. The fourth-order valence-corrected chi connectivity index (χ4v) is 3.26. The predicted octanol–water partition coefficient (Wildman–Crippen LogP) is 3.19. The zero-order valence-electron chi connectivity index (χ0n) is 14.8. The number of amides is 1. The van der Waals surface area contributed by atoms with Crippen molar-refractivity contribution in [3.8, 4) is 5.75 Å². The van der Waals surface area contributed by atoms with Crippen LogP contribution >= 0.6 is 12.4 Å². The Balaban J connectivity index is 0.00000288. The van der Waals surface area contributed by atoms with Crippen LogP contribution in [0.3, 0.4) is 0 Å². The van der Waals surface area contributed by atoms with E-state index in [1.807, 2.05) is 12.1 Å². The van der Waals surface area contributed by atoms with Gasteiger partial charge in [-0.2, -0.15) is 0 Å². The van der Waals surface area contributed by atoms with Gasteiger partial charge in [0.15, 0.2) is 0 Å². The minimum absolute atomic E-state index is 0. The molecule has 1 aliphatic rings. The van der Waals surface area contributed by atoms with E-state index in [1.165, 1.54) is 18.4 Å². The number of rotatable bonds is 8. The zero-order valence-corrected chi connectivity index (χ0v) is 15.7. The smallest absolute Gasteiger partial charge is 0.220 e. The maximum atomic E-state index is 12.0. The van der Waals surface area contributed by atoms with E-state index >= 15 is 0 Å². The van der Waals surface area contributed by atoms with Crippen molar-refractivity contribution in [1.82, 2.24) is 10.6 Å². The molecule has 1 unspecified atom stereocenters. The van der Waals surface area contributed by atoms with Gasteiger partial charge in [0.25, 0.3) is 0 Å². The lowest BCUT2D eigenvalue weighted by atomic mass is 9.84. The molecule has 0 aromatic heterocycles. The highest BCUT2D eigenvalue weighted by molar-refractivity contribution is 5.85. The standard InChI is InChI=1S/C19H30N2O2.ClH/c1-15(17-9-12-20-13-10-17)14-19(22)21-11-3-4-16-5-7-18(23-2)8-6-16;/h5-8,15,17,20H,3-4,9-14H2,1-2H3,(H,21,22);1H. The molecule has 0 aliphatic carbocycles. The number of carbonyl (C=O) groups excluding carboxylic acids is 1. The lowest BCUT2D eigenvalue weighted by Crippen LogP contribution is -2.33. The molecule has 0 bridgehead atoms. The molecule has 0 spiro atoms. The molecular formula is C19H31ClN2O2. The number of nitrogens with one attached hydrogen (secondary N) is 2. The van der Waals surface area contributed by atoms with E-state index in [9.17, 15) is 4.79 Å². The Morgan fingerprint density at radius 1 is 1.29 bits per heavy atom. The molecule has 2 N–H and O–H groups in total. The molecule has 1 heterocycles. The van der Waals surface area contributed by atoms with Crippen LogP contribution in [-0.2, 0) is 11.2 Å². The molecule has 1 saturated heterocycles. The van der Waals surface area contributed by atoms with Gasteiger partial charge in [0, 0.05) is 13.0 Å². The minimum atomic E-state index is 0. The Bertz CT molecular complexity index is 473. The lowest BCUT2D eigenvalue weighted by Gasteiger charge is -2.27. The average molecular weight is 355 g/mol. The predicted molar refractivity (Wildman–Crippen MR) is 101 cm³/mol. The van der Waals surface area contributed by atoms with Crippen LogP contribution in [0, 0.1) is 11.8 Å². The van der Waals surface area contributed by atoms with Crippen LogP contribution in [0.2, 0.25) is 0 Å². The second kappa shape index (κ2) is 11.3. The first-order valence-electron chi connectivity index (χ1n) is 8.79. The van der Waals surface area contributed by atoms with Gasteiger partial charge in [-0.15, -0.1) is 12.4 Å². The van der Waals surface area contributed by atoms with Crippen LogP contribution in [0.25, 0.3) is 0 Å². The van der Waals surface area contributed by atoms with Crippen molar-refractivity contribution in [2.45, 2.75) is 39.0 Å². The molecule has 2 rings (SSSR count). The molecule has 1 aromatic rings. The van der Waals surface area contributed by atoms with E-state index in [4.69, 9.17) is 4.74 Å². The molecule has 0 saturated carbocycles. The normalized spacial score (nSPS) is 16.1. The van der Waals surface area contributed by atoms with Crippen LogP contribution < -0.4 is 15.4 Å². The molecular weight excluding hydrogens is 324 g/mol. The van der Waals surface area contributed by atoms with Crippen LogP contribution in [0.5, 0.6) is 5.75 Å². The fourth-order valence-electron chi connectivity index (χ4n) is 3.26. The quantitative estimate of drug-likeness (QED) is 0.705. The summed E-state index contributed by atoms with van der Waals surface area (Å²) in [6, 6.07) is 8.13. The number of halogens is 1. The number of ether oxygens (including phenoxy) is 1. The summed E-state index contributed by atoms with van der Waals surface area (Å²) in [5.41, 5.74) is 1.28.